The second-order valence-corrected chi connectivity index (χ2v) is 6.48. The van der Waals surface area contributed by atoms with Crippen LogP contribution in [0.25, 0.3) is 11.1 Å². The Kier molecular flexibility index (Phi) is 4.12. The highest BCUT2D eigenvalue weighted by molar-refractivity contribution is 7.08. The first-order chi connectivity index (χ1) is 12.2. The predicted octanol–water partition coefficient (Wildman–Crippen LogP) is 2.15. The van der Waals surface area contributed by atoms with Gasteiger partial charge in [0.2, 0.25) is 0 Å². The Labute approximate surface area is 148 Å². The van der Waals surface area contributed by atoms with Crippen molar-refractivity contribution >= 4 is 28.7 Å². The van der Waals surface area contributed by atoms with E-state index in [2.05, 4.69) is 32.4 Å². The van der Waals surface area contributed by atoms with Crippen LogP contribution in [0.4, 0.5) is 11.5 Å². The number of fused-ring (bicyclic) bond motifs is 1. The van der Waals surface area contributed by atoms with Gasteiger partial charge in [-0.1, -0.05) is 12.1 Å². The molecule has 0 radical (unpaired) electrons. The molecule has 128 valence electrons. The van der Waals surface area contributed by atoms with Gasteiger partial charge >= 0.3 is 0 Å². The number of thiophene rings is 1. The molecule has 1 aromatic carbocycles. The molecule has 8 heteroatoms. The molecule has 0 saturated heterocycles. The van der Waals surface area contributed by atoms with Gasteiger partial charge in [-0.25, -0.2) is 4.98 Å². The smallest absolute Gasteiger partial charge is 0.273 e. The number of nitrogens with zero attached hydrogens (tertiary/aromatic N) is 2. The average Bonchev–Trinajstić information content (AvgIpc) is 3.26. The SMILES string of the molecule is O=C1NCNc2ncn(CC(O)Nc3ccc(-c4ccsc4)cc3)c21. The van der Waals surface area contributed by atoms with E-state index in [0.717, 1.165) is 11.3 Å². The van der Waals surface area contributed by atoms with Gasteiger partial charge in [0.15, 0.2) is 11.5 Å². The van der Waals surface area contributed by atoms with Gasteiger partial charge in [0, 0.05) is 5.69 Å². The second kappa shape index (κ2) is 6.58. The highest BCUT2D eigenvalue weighted by Gasteiger charge is 2.23. The van der Waals surface area contributed by atoms with Crippen molar-refractivity contribution < 1.29 is 9.90 Å². The number of aromatic nitrogens is 2. The quantitative estimate of drug-likeness (QED) is 0.527. The fraction of sp³-hybridized carbons (Fsp3) is 0.176. The monoisotopic (exact) mass is 355 g/mol. The van der Waals surface area contributed by atoms with E-state index in [9.17, 15) is 9.90 Å². The third-order valence-corrected chi connectivity index (χ3v) is 4.68. The molecule has 4 rings (SSSR count). The van der Waals surface area contributed by atoms with Gasteiger partial charge in [-0.15, -0.1) is 0 Å². The van der Waals surface area contributed by atoms with Gasteiger partial charge in [0.25, 0.3) is 5.91 Å². The number of carbonyl (C=O) groups excluding carboxylic acids is 1. The minimum absolute atomic E-state index is 0.196. The minimum atomic E-state index is -0.847. The first kappa shape index (κ1) is 15.7. The number of hydrogen-bond donors (Lipinski definition) is 4. The molecular formula is C17H17N5O2S. The molecule has 1 amide bonds. The van der Waals surface area contributed by atoms with Crippen LogP contribution in [0.5, 0.6) is 0 Å². The molecule has 1 aliphatic heterocycles. The maximum atomic E-state index is 11.9. The molecule has 3 aromatic rings. The highest BCUT2D eigenvalue weighted by atomic mass is 32.1. The summed E-state index contributed by atoms with van der Waals surface area (Å²) < 4.78 is 1.63. The van der Waals surface area contributed by atoms with Gasteiger partial charge in [-0.2, -0.15) is 11.3 Å². The Morgan fingerprint density at radius 2 is 2.08 bits per heavy atom. The molecule has 0 bridgehead atoms. The first-order valence-corrected chi connectivity index (χ1v) is 8.79. The van der Waals surface area contributed by atoms with Gasteiger partial charge in [-0.3, -0.25) is 4.79 Å². The molecule has 0 fully saturated rings. The predicted molar refractivity (Wildman–Crippen MR) is 97.6 cm³/mol. The lowest BCUT2D eigenvalue weighted by Gasteiger charge is -2.19. The Balaban J connectivity index is 1.43. The maximum absolute atomic E-state index is 11.9. The van der Waals surface area contributed by atoms with E-state index < -0.39 is 6.23 Å². The van der Waals surface area contributed by atoms with Crippen molar-refractivity contribution in [2.24, 2.45) is 0 Å². The third kappa shape index (κ3) is 3.21. The Morgan fingerprint density at radius 1 is 1.24 bits per heavy atom. The second-order valence-electron chi connectivity index (χ2n) is 5.70. The summed E-state index contributed by atoms with van der Waals surface area (Å²) >= 11 is 1.66. The van der Waals surface area contributed by atoms with Gasteiger partial charge in [0.05, 0.1) is 19.5 Å². The number of imidazole rings is 1. The zero-order valence-corrected chi connectivity index (χ0v) is 14.1. The number of aliphatic hydroxyl groups excluding tert-OH is 1. The fourth-order valence-corrected chi connectivity index (χ4v) is 3.46. The Morgan fingerprint density at radius 3 is 2.84 bits per heavy atom. The van der Waals surface area contributed by atoms with E-state index in [1.54, 1.807) is 22.2 Å². The molecule has 0 aliphatic carbocycles. The molecule has 4 N–H and O–H groups in total. The van der Waals surface area contributed by atoms with E-state index in [0.29, 0.717) is 18.2 Å². The minimum Gasteiger partial charge on any atom is -0.372 e. The zero-order valence-electron chi connectivity index (χ0n) is 13.3. The number of nitrogens with one attached hydrogen (secondary N) is 3. The normalized spacial score (nSPS) is 14.4. The number of carbonyl (C=O) groups is 1. The molecule has 0 spiro atoms. The lowest BCUT2D eigenvalue weighted by molar-refractivity contribution is 0.0939. The molecular weight excluding hydrogens is 338 g/mol. The summed E-state index contributed by atoms with van der Waals surface area (Å²) in [6, 6.07) is 9.94. The zero-order chi connectivity index (χ0) is 17.2. The standard InChI is InChI=1S/C17H17N5O2S/c23-14(7-22-10-20-16-15(22)17(24)19-9-18-16)21-13-3-1-11(2-4-13)12-5-6-25-8-12/h1-6,8,10,14,18,21,23H,7,9H2,(H,19,24). The van der Waals surface area contributed by atoms with Crippen LogP contribution in [0.3, 0.4) is 0 Å². The first-order valence-electron chi connectivity index (χ1n) is 7.85. The molecule has 25 heavy (non-hydrogen) atoms. The van der Waals surface area contributed by atoms with Gasteiger partial charge in [0.1, 0.15) is 6.23 Å². The molecule has 1 aliphatic rings. The molecule has 7 nitrogen and oxygen atoms in total. The largest absolute Gasteiger partial charge is 0.372 e. The van der Waals surface area contributed by atoms with E-state index >= 15 is 0 Å². The molecule has 1 unspecified atom stereocenters. The van der Waals surface area contributed by atoms with E-state index in [1.807, 2.05) is 29.6 Å². The summed E-state index contributed by atoms with van der Waals surface area (Å²) in [6.45, 7) is 0.573. The molecule has 2 aromatic heterocycles. The van der Waals surface area contributed by atoms with Crippen LogP contribution in [0.15, 0.2) is 47.4 Å². The highest BCUT2D eigenvalue weighted by Crippen LogP contribution is 2.24. The van der Waals surface area contributed by atoms with Crippen molar-refractivity contribution in [3.63, 3.8) is 0 Å². The number of aliphatic hydroxyl groups is 1. The van der Waals surface area contributed by atoms with Crippen molar-refractivity contribution in [1.82, 2.24) is 14.9 Å². The number of anilines is 2. The van der Waals surface area contributed by atoms with Crippen LogP contribution in [0.1, 0.15) is 10.5 Å². The van der Waals surface area contributed by atoms with Crippen LogP contribution in [0.2, 0.25) is 0 Å². The van der Waals surface area contributed by atoms with Crippen molar-refractivity contribution in [1.29, 1.82) is 0 Å². The van der Waals surface area contributed by atoms with Crippen LogP contribution in [-0.2, 0) is 6.54 Å². The summed E-state index contributed by atoms with van der Waals surface area (Å²) in [4.78, 5) is 16.1. The van der Waals surface area contributed by atoms with Crippen LogP contribution in [-0.4, -0.2) is 33.5 Å². The van der Waals surface area contributed by atoms with E-state index in [1.165, 1.54) is 5.56 Å². The van der Waals surface area contributed by atoms with Gasteiger partial charge in [-0.05, 0) is 40.1 Å². The fourth-order valence-electron chi connectivity index (χ4n) is 2.79. The summed E-state index contributed by atoms with van der Waals surface area (Å²) in [5.74, 6) is 0.342. The van der Waals surface area contributed by atoms with Crippen molar-refractivity contribution in [3.05, 3.63) is 53.1 Å². The summed E-state index contributed by atoms with van der Waals surface area (Å²) in [6.07, 6.45) is 0.702. The van der Waals surface area contributed by atoms with Crippen LogP contribution < -0.4 is 16.0 Å². The molecule has 3 heterocycles. The summed E-state index contributed by atoms with van der Waals surface area (Å²) in [5.41, 5.74) is 3.55. The number of amides is 1. The van der Waals surface area contributed by atoms with Crippen molar-refractivity contribution in [2.75, 3.05) is 17.3 Å². The average molecular weight is 355 g/mol. The lowest BCUT2D eigenvalue weighted by atomic mass is 10.1. The number of hydrogen-bond acceptors (Lipinski definition) is 6. The van der Waals surface area contributed by atoms with E-state index in [-0.39, 0.29) is 12.5 Å². The number of benzene rings is 1. The third-order valence-electron chi connectivity index (χ3n) is 4.00. The Hall–Kier alpha value is -2.84. The molecule has 0 saturated carbocycles. The Bertz CT molecular complexity index is 873. The topological polar surface area (TPSA) is 91.2 Å². The van der Waals surface area contributed by atoms with Crippen molar-refractivity contribution in [2.45, 2.75) is 12.8 Å². The van der Waals surface area contributed by atoms with Crippen molar-refractivity contribution in [3.8, 4) is 11.1 Å². The van der Waals surface area contributed by atoms with E-state index in [4.69, 9.17) is 0 Å². The lowest BCUT2D eigenvalue weighted by Crippen LogP contribution is -2.37. The van der Waals surface area contributed by atoms with Gasteiger partial charge < -0.3 is 25.6 Å². The van der Waals surface area contributed by atoms with Crippen LogP contribution >= 0.6 is 11.3 Å². The van der Waals surface area contributed by atoms with Crippen LogP contribution in [0, 0.1) is 0 Å². The maximum Gasteiger partial charge on any atom is 0.273 e. The molecule has 1 atom stereocenters. The summed E-state index contributed by atoms with van der Waals surface area (Å²) in [5, 5.41) is 23.2. The summed E-state index contributed by atoms with van der Waals surface area (Å²) in [7, 11) is 0. The number of rotatable bonds is 5.